The van der Waals surface area contributed by atoms with Gasteiger partial charge in [0, 0.05) is 11.1 Å². The zero-order valence-corrected chi connectivity index (χ0v) is 12.5. The second kappa shape index (κ2) is 5.27. The maximum absolute atomic E-state index is 12.3. The predicted octanol–water partition coefficient (Wildman–Crippen LogP) is 2.03. The minimum atomic E-state index is -3.67. The summed E-state index contributed by atoms with van der Waals surface area (Å²) in [7, 11) is -3.67. The molecule has 0 atom stereocenters. The second-order valence-electron chi connectivity index (χ2n) is 4.92. The van der Waals surface area contributed by atoms with Gasteiger partial charge in [-0.1, -0.05) is 17.7 Å². The lowest BCUT2D eigenvalue weighted by atomic mass is 10.2. The number of nitrogens with one attached hydrogen (secondary N) is 2. The SMILES string of the molecule is Cc1ccc(S(=O)(=O)Nc2ccc3c(=O)[nH]ncc3c2)cc1. The Labute approximate surface area is 126 Å². The van der Waals surface area contributed by atoms with Crippen LogP contribution >= 0.6 is 0 Å². The van der Waals surface area contributed by atoms with Crippen molar-refractivity contribution >= 4 is 26.5 Å². The van der Waals surface area contributed by atoms with Crippen LogP contribution in [0, 0.1) is 6.92 Å². The summed E-state index contributed by atoms with van der Waals surface area (Å²) in [5, 5.41) is 7.05. The van der Waals surface area contributed by atoms with Crippen molar-refractivity contribution in [2.24, 2.45) is 0 Å². The molecule has 112 valence electrons. The summed E-state index contributed by atoms with van der Waals surface area (Å²) in [5.41, 5.74) is 1.04. The number of H-pyrrole nitrogens is 1. The molecule has 3 rings (SSSR count). The first-order valence-corrected chi connectivity index (χ1v) is 8.01. The van der Waals surface area contributed by atoms with Crippen molar-refractivity contribution in [3.63, 3.8) is 0 Å². The average molecular weight is 315 g/mol. The van der Waals surface area contributed by atoms with Gasteiger partial charge >= 0.3 is 0 Å². The van der Waals surface area contributed by atoms with E-state index >= 15 is 0 Å². The van der Waals surface area contributed by atoms with Crippen LogP contribution in [-0.4, -0.2) is 18.6 Å². The number of fused-ring (bicyclic) bond motifs is 1. The minimum Gasteiger partial charge on any atom is -0.280 e. The van der Waals surface area contributed by atoms with Crippen LogP contribution in [0.2, 0.25) is 0 Å². The van der Waals surface area contributed by atoms with Crippen molar-refractivity contribution in [2.75, 3.05) is 4.72 Å². The van der Waals surface area contributed by atoms with Gasteiger partial charge in [-0.2, -0.15) is 5.10 Å². The summed E-state index contributed by atoms with van der Waals surface area (Å²) in [6.45, 7) is 1.89. The molecule has 2 aromatic carbocycles. The smallest absolute Gasteiger partial charge is 0.272 e. The van der Waals surface area contributed by atoms with E-state index in [9.17, 15) is 13.2 Å². The van der Waals surface area contributed by atoms with Gasteiger partial charge in [0.15, 0.2) is 0 Å². The first-order chi connectivity index (χ1) is 10.5. The number of rotatable bonds is 3. The highest BCUT2D eigenvalue weighted by Gasteiger charge is 2.14. The van der Waals surface area contributed by atoms with Crippen LogP contribution < -0.4 is 10.3 Å². The number of hydrogen-bond donors (Lipinski definition) is 2. The fourth-order valence-corrected chi connectivity index (χ4v) is 3.14. The number of aromatic amines is 1. The molecular weight excluding hydrogens is 302 g/mol. The normalized spacial score (nSPS) is 11.5. The molecule has 0 bridgehead atoms. The molecule has 0 saturated heterocycles. The van der Waals surface area contributed by atoms with Crippen molar-refractivity contribution in [2.45, 2.75) is 11.8 Å². The number of nitrogens with zero attached hydrogens (tertiary/aromatic N) is 1. The predicted molar refractivity (Wildman–Crippen MR) is 84.4 cm³/mol. The maximum atomic E-state index is 12.3. The third-order valence-corrected chi connectivity index (χ3v) is 4.65. The van der Waals surface area contributed by atoms with E-state index in [0.29, 0.717) is 16.5 Å². The zero-order chi connectivity index (χ0) is 15.7. The molecule has 3 aromatic rings. The molecule has 0 aliphatic heterocycles. The third kappa shape index (κ3) is 2.71. The summed E-state index contributed by atoms with van der Waals surface area (Å²) in [6.07, 6.45) is 1.47. The molecule has 2 N–H and O–H groups in total. The molecule has 22 heavy (non-hydrogen) atoms. The minimum absolute atomic E-state index is 0.183. The van der Waals surface area contributed by atoms with Crippen LogP contribution in [-0.2, 0) is 10.0 Å². The summed E-state index contributed by atoms with van der Waals surface area (Å²) in [5.74, 6) is 0. The highest BCUT2D eigenvalue weighted by atomic mass is 32.2. The number of hydrogen-bond acceptors (Lipinski definition) is 4. The van der Waals surface area contributed by atoms with Crippen molar-refractivity contribution < 1.29 is 8.42 Å². The maximum Gasteiger partial charge on any atom is 0.272 e. The summed E-state index contributed by atoms with van der Waals surface area (Å²) in [4.78, 5) is 11.8. The molecule has 0 radical (unpaired) electrons. The van der Waals surface area contributed by atoms with Crippen LogP contribution in [0.25, 0.3) is 10.8 Å². The Morgan fingerprint density at radius 1 is 1.09 bits per heavy atom. The lowest BCUT2D eigenvalue weighted by molar-refractivity contribution is 0.601. The number of aromatic nitrogens is 2. The summed E-state index contributed by atoms with van der Waals surface area (Å²) >= 11 is 0. The topological polar surface area (TPSA) is 91.9 Å². The molecule has 0 fully saturated rings. The molecule has 0 unspecified atom stereocenters. The average Bonchev–Trinajstić information content (AvgIpc) is 2.47. The van der Waals surface area contributed by atoms with Gasteiger partial charge in [-0.15, -0.1) is 0 Å². The Balaban J connectivity index is 1.98. The largest absolute Gasteiger partial charge is 0.280 e. The Morgan fingerprint density at radius 3 is 2.55 bits per heavy atom. The molecule has 6 nitrogen and oxygen atoms in total. The number of sulfonamides is 1. The number of anilines is 1. The number of benzene rings is 2. The molecule has 0 aliphatic carbocycles. The molecule has 0 saturated carbocycles. The molecule has 0 spiro atoms. The first-order valence-electron chi connectivity index (χ1n) is 6.53. The fourth-order valence-electron chi connectivity index (χ4n) is 2.09. The number of aryl methyl sites for hydroxylation is 1. The van der Waals surface area contributed by atoms with Crippen molar-refractivity contribution in [3.05, 3.63) is 64.6 Å². The van der Waals surface area contributed by atoms with E-state index in [1.165, 1.54) is 6.20 Å². The second-order valence-corrected chi connectivity index (χ2v) is 6.60. The van der Waals surface area contributed by atoms with Crippen molar-refractivity contribution in [1.82, 2.24) is 10.2 Å². The first kappa shape index (κ1) is 14.3. The summed E-state index contributed by atoms with van der Waals surface area (Å²) < 4.78 is 27.1. The Morgan fingerprint density at radius 2 is 1.82 bits per heavy atom. The summed E-state index contributed by atoms with van der Waals surface area (Å²) in [6, 6.07) is 11.2. The van der Waals surface area contributed by atoms with E-state index in [2.05, 4.69) is 14.9 Å². The van der Waals surface area contributed by atoms with Crippen molar-refractivity contribution in [1.29, 1.82) is 0 Å². The lowest BCUT2D eigenvalue weighted by Gasteiger charge is -2.09. The van der Waals surface area contributed by atoms with E-state index in [4.69, 9.17) is 0 Å². The van der Waals surface area contributed by atoms with Gasteiger partial charge in [-0.3, -0.25) is 9.52 Å². The van der Waals surface area contributed by atoms with Crippen LogP contribution in [0.5, 0.6) is 0 Å². The van der Waals surface area contributed by atoms with Gasteiger partial charge in [0.25, 0.3) is 15.6 Å². The fraction of sp³-hybridized carbons (Fsp3) is 0.0667. The molecular formula is C15H13N3O3S. The van der Waals surface area contributed by atoms with Crippen LogP contribution in [0.1, 0.15) is 5.56 Å². The quantitative estimate of drug-likeness (QED) is 0.773. The molecule has 0 amide bonds. The standard InChI is InChI=1S/C15H13N3O3S/c1-10-2-5-13(6-3-10)22(20,21)18-12-4-7-14-11(8-12)9-16-17-15(14)19/h2-9,18H,1H3,(H,17,19). The third-order valence-electron chi connectivity index (χ3n) is 3.25. The van der Waals surface area contributed by atoms with E-state index in [-0.39, 0.29) is 10.5 Å². The highest BCUT2D eigenvalue weighted by Crippen LogP contribution is 2.19. The Hall–Kier alpha value is -2.67. The molecule has 1 aromatic heterocycles. The van der Waals surface area contributed by atoms with E-state index < -0.39 is 10.0 Å². The van der Waals surface area contributed by atoms with Crippen LogP contribution in [0.3, 0.4) is 0 Å². The molecule has 0 aliphatic rings. The highest BCUT2D eigenvalue weighted by molar-refractivity contribution is 7.92. The van der Waals surface area contributed by atoms with Gasteiger partial charge < -0.3 is 0 Å². The van der Waals surface area contributed by atoms with Crippen LogP contribution in [0.4, 0.5) is 5.69 Å². The molecule has 1 heterocycles. The van der Waals surface area contributed by atoms with Crippen LogP contribution in [0.15, 0.2) is 58.4 Å². The van der Waals surface area contributed by atoms with Gasteiger partial charge in [0.2, 0.25) is 0 Å². The van der Waals surface area contributed by atoms with Gasteiger partial charge in [-0.25, -0.2) is 13.5 Å². The van der Waals surface area contributed by atoms with Gasteiger partial charge in [0.1, 0.15) is 0 Å². The van der Waals surface area contributed by atoms with E-state index in [1.54, 1.807) is 42.5 Å². The lowest BCUT2D eigenvalue weighted by Crippen LogP contribution is -2.13. The van der Waals surface area contributed by atoms with Gasteiger partial charge in [-0.05, 0) is 37.3 Å². The Bertz CT molecular complexity index is 992. The van der Waals surface area contributed by atoms with E-state index in [1.807, 2.05) is 6.92 Å². The van der Waals surface area contributed by atoms with Crippen molar-refractivity contribution in [3.8, 4) is 0 Å². The molecule has 7 heteroatoms. The monoisotopic (exact) mass is 315 g/mol. The Kier molecular flexibility index (Phi) is 3.42. The van der Waals surface area contributed by atoms with E-state index in [0.717, 1.165) is 5.56 Å². The van der Waals surface area contributed by atoms with Gasteiger partial charge in [0.05, 0.1) is 16.5 Å². The zero-order valence-electron chi connectivity index (χ0n) is 11.7.